The van der Waals surface area contributed by atoms with E-state index in [4.69, 9.17) is 0 Å². The molecule has 2 heterocycles. The van der Waals surface area contributed by atoms with Gasteiger partial charge in [0.2, 0.25) is 0 Å². The maximum Gasteiger partial charge on any atom is 0.313 e. The fraction of sp³-hybridized carbons (Fsp3) is 0.188. The van der Waals surface area contributed by atoms with Gasteiger partial charge in [0.25, 0.3) is 0 Å². The molecule has 0 aliphatic carbocycles. The molecule has 5 heteroatoms. The lowest BCUT2D eigenvalue weighted by atomic mass is 9.95. The normalized spacial score (nSPS) is 12.4. The van der Waals surface area contributed by atoms with Gasteiger partial charge in [-0.3, -0.25) is 9.78 Å². The Morgan fingerprint density at radius 2 is 2.10 bits per heavy atom. The molecule has 1 unspecified atom stereocenters. The average molecular weight is 281 g/mol. The van der Waals surface area contributed by atoms with Crippen LogP contribution in [-0.2, 0) is 11.2 Å². The number of aromatic nitrogens is 3. The molecule has 1 atom stereocenters. The van der Waals surface area contributed by atoms with Crippen LogP contribution in [0, 0.1) is 6.92 Å². The van der Waals surface area contributed by atoms with Gasteiger partial charge in [-0.15, -0.1) is 0 Å². The zero-order chi connectivity index (χ0) is 14.8. The lowest BCUT2D eigenvalue weighted by Gasteiger charge is -2.13. The fourth-order valence-corrected chi connectivity index (χ4v) is 2.48. The Morgan fingerprint density at radius 3 is 2.81 bits per heavy atom. The molecule has 0 bridgehead atoms. The third-order valence-electron chi connectivity index (χ3n) is 3.45. The molecule has 0 amide bonds. The zero-order valence-corrected chi connectivity index (χ0v) is 11.6. The molecule has 0 saturated carbocycles. The number of hydrogen-bond donors (Lipinski definition) is 1. The molecule has 1 aromatic carbocycles. The first-order valence-electron chi connectivity index (χ1n) is 6.73. The summed E-state index contributed by atoms with van der Waals surface area (Å²) < 4.78 is 1.68. The number of carbonyl (C=O) groups is 1. The third-order valence-corrected chi connectivity index (χ3v) is 3.45. The van der Waals surface area contributed by atoms with Crippen LogP contribution in [0.2, 0.25) is 0 Å². The Morgan fingerprint density at radius 1 is 1.33 bits per heavy atom. The second-order valence-corrected chi connectivity index (χ2v) is 5.01. The van der Waals surface area contributed by atoms with E-state index in [-0.39, 0.29) is 0 Å². The maximum atomic E-state index is 11.7. The highest BCUT2D eigenvalue weighted by Crippen LogP contribution is 2.24. The highest BCUT2D eigenvalue weighted by atomic mass is 16.4. The molecule has 3 aromatic rings. The van der Waals surface area contributed by atoms with Crippen LogP contribution < -0.4 is 0 Å². The molecule has 0 radical (unpaired) electrons. The lowest BCUT2D eigenvalue weighted by molar-refractivity contribution is -0.138. The van der Waals surface area contributed by atoms with E-state index in [2.05, 4.69) is 10.1 Å². The molecule has 2 aromatic heterocycles. The number of benzene rings is 1. The molecule has 0 aliphatic heterocycles. The predicted molar refractivity (Wildman–Crippen MR) is 78.2 cm³/mol. The summed E-state index contributed by atoms with van der Waals surface area (Å²) in [5.41, 5.74) is 3.12. The summed E-state index contributed by atoms with van der Waals surface area (Å²) in [6.07, 6.45) is 3.73. The first-order valence-corrected chi connectivity index (χ1v) is 6.73. The Balaban J connectivity index is 2.05. The predicted octanol–water partition coefficient (Wildman–Crippen LogP) is 2.45. The summed E-state index contributed by atoms with van der Waals surface area (Å²) in [5.74, 6) is -1.56. The van der Waals surface area contributed by atoms with Crippen molar-refractivity contribution in [3.63, 3.8) is 0 Å². The highest BCUT2D eigenvalue weighted by Gasteiger charge is 2.24. The summed E-state index contributed by atoms with van der Waals surface area (Å²) in [6, 6.07) is 11.5. The van der Waals surface area contributed by atoms with E-state index in [1.165, 1.54) is 0 Å². The number of hydrogen-bond acceptors (Lipinski definition) is 3. The molecule has 0 fully saturated rings. The molecule has 21 heavy (non-hydrogen) atoms. The maximum absolute atomic E-state index is 11.7. The van der Waals surface area contributed by atoms with Gasteiger partial charge in [-0.1, -0.05) is 30.3 Å². The Kier molecular flexibility index (Phi) is 3.39. The van der Waals surface area contributed by atoms with Gasteiger partial charge in [-0.05, 0) is 25.0 Å². The van der Waals surface area contributed by atoms with Crippen LogP contribution in [0.15, 0.2) is 48.8 Å². The summed E-state index contributed by atoms with van der Waals surface area (Å²) in [6.45, 7) is 1.88. The smallest absolute Gasteiger partial charge is 0.313 e. The number of aliphatic carboxylic acids is 1. The standard InChI is InChI=1S/C16H15N3O2/c1-11-9-14-15(17-7-8-19(14)18-11)13(16(20)21)10-12-5-3-2-4-6-12/h2-9,13H,10H2,1H3,(H,20,21). The van der Waals surface area contributed by atoms with Gasteiger partial charge in [0.05, 0.1) is 16.9 Å². The van der Waals surface area contributed by atoms with E-state index in [0.717, 1.165) is 16.8 Å². The van der Waals surface area contributed by atoms with E-state index in [1.807, 2.05) is 43.3 Å². The van der Waals surface area contributed by atoms with Crippen LogP contribution in [0.5, 0.6) is 0 Å². The fourth-order valence-electron chi connectivity index (χ4n) is 2.48. The van der Waals surface area contributed by atoms with Crippen LogP contribution in [0.3, 0.4) is 0 Å². The minimum atomic E-state index is -0.877. The minimum Gasteiger partial charge on any atom is -0.481 e. The van der Waals surface area contributed by atoms with Crippen molar-refractivity contribution < 1.29 is 9.90 Å². The number of carboxylic acids is 1. The molecule has 0 aliphatic rings. The first kappa shape index (κ1) is 13.3. The van der Waals surface area contributed by atoms with Gasteiger partial charge < -0.3 is 5.11 Å². The zero-order valence-electron chi connectivity index (χ0n) is 11.6. The lowest BCUT2D eigenvalue weighted by Crippen LogP contribution is -2.17. The van der Waals surface area contributed by atoms with Crippen LogP contribution in [0.4, 0.5) is 0 Å². The number of rotatable bonds is 4. The highest BCUT2D eigenvalue weighted by molar-refractivity contribution is 5.79. The number of fused-ring (bicyclic) bond motifs is 1. The molecule has 0 spiro atoms. The molecule has 1 N–H and O–H groups in total. The van der Waals surface area contributed by atoms with E-state index in [1.54, 1.807) is 16.9 Å². The summed E-state index contributed by atoms with van der Waals surface area (Å²) in [4.78, 5) is 16.0. The Hall–Kier alpha value is -2.69. The van der Waals surface area contributed by atoms with Crippen molar-refractivity contribution in [3.8, 4) is 0 Å². The minimum absolute atomic E-state index is 0.410. The van der Waals surface area contributed by atoms with E-state index >= 15 is 0 Å². The molecule has 5 nitrogen and oxygen atoms in total. The number of carboxylic acid groups (broad SMARTS) is 1. The molecular formula is C16H15N3O2. The van der Waals surface area contributed by atoms with Crippen molar-refractivity contribution in [2.45, 2.75) is 19.3 Å². The largest absolute Gasteiger partial charge is 0.481 e. The van der Waals surface area contributed by atoms with Crippen molar-refractivity contribution in [1.29, 1.82) is 0 Å². The van der Waals surface area contributed by atoms with E-state index in [9.17, 15) is 9.90 Å². The van der Waals surface area contributed by atoms with Gasteiger partial charge in [0.1, 0.15) is 5.92 Å². The molecule has 106 valence electrons. The SMILES string of the molecule is Cc1cc2c(C(Cc3ccccc3)C(=O)O)nccn2n1. The van der Waals surface area contributed by atoms with Crippen LogP contribution >= 0.6 is 0 Å². The van der Waals surface area contributed by atoms with E-state index < -0.39 is 11.9 Å². The Bertz CT molecular complexity index is 781. The monoisotopic (exact) mass is 281 g/mol. The van der Waals surface area contributed by atoms with Crippen molar-refractivity contribution in [3.05, 3.63) is 65.7 Å². The van der Waals surface area contributed by atoms with Gasteiger partial charge in [-0.25, -0.2) is 4.52 Å². The van der Waals surface area contributed by atoms with Gasteiger partial charge in [0.15, 0.2) is 0 Å². The second-order valence-electron chi connectivity index (χ2n) is 5.01. The second kappa shape index (κ2) is 5.36. The molecular weight excluding hydrogens is 266 g/mol. The quantitative estimate of drug-likeness (QED) is 0.797. The van der Waals surface area contributed by atoms with Crippen LogP contribution in [-0.4, -0.2) is 25.7 Å². The van der Waals surface area contributed by atoms with Gasteiger partial charge in [0, 0.05) is 12.4 Å². The van der Waals surface area contributed by atoms with Crippen LogP contribution in [0.1, 0.15) is 22.9 Å². The number of nitrogens with zero attached hydrogens (tertiary/aromatic N) is 3. The third kappa shape index (κ3) is 2.63. The first-order chi connectivity index (χ1) is 10.1. The summed E-state index contributed by atoms with van der Waals surface area (Å²) in [7, 11) is 0. The summed E-state index contributed by atoms with van der Waals surface area (Å²) in [5, 5.41) is 13.9. The van der Waals surface area contributed by atoms with Gasteiger partial charge >= 0.3 is 5.97 Å². The van der Waals surface area contributed by atoms with Crippen molar-refractivity contribution in [2.24, 2.45) is 0 Å². The van der Waals surface area contributed by atoms with Gasteiger partial charge in [-0.2, -0.15) is 5.10 Å². The Labute approximate surface area is 121 Å². The number of aryl methyl sites for hydroxylation is 1. The molecule has 0 saturated heterocycles. The van der Waals surface area contributed by atoms with Crippen LogP contribution in [0.25, 0.3) is 5.52 Å². The summed E-state index contributed by atoms with van der Waals surface area (Å²) >= 11 is 0. The van der Waals surface area contributed by atoms with Crippen molar-refractivity contribution in [2.75, 3.05) is 0 Å². The average Bonchev–Trinajstić information content (AvgIpc) is 2.86. The van der Waals surface area contributed by atoms with E-state index in [0.29, 0.717) is 12.1 Å². The molecule has 3 rings (SSSR count). The topological polar surface area (TPSA) is 67.5 Å². The van der Waals surface area contributed by atoms with Crippen molar-refractivity contribution in [1.82, 2.24) is 14.6 Å². The van der Waals surface area contributed by atoms with Crippen molar-refractivity contribution >= 4 is 11.5 Å².